The van der Waals surface area contributed by atoms with Crippen LogP contribution in [0.5, 0.6) is 0 Å². The highest BCUT2D eigenvalue weighted by Gasteiger charge is 2.26. The lowest BCUT2D eigenvalue weighted by atomic mass is 10.3. The zero-order chi connectivity index (χ0) is 14.0. The highest BCUT2D eigenvalue weighted by Crippen LogP contribution is 2.24. The molecule has 2 rings (SSSR count). The molecular formula is C13H18N2O3S. The number of amides is 1. The second-order valence-corrected chi connectivity index (χ2v) is 5.96. The maximum absolute atomic E-state index is 12.0. The number of rotatable bonds is 3. The molecule has 0 radical (unpaired) electrons. The average Bonchev–Trinajstić information content (AvgIpc) is 2.99. The van der Waals surface area contributed by atoms with E-state index in [2.05, 4.69) is 0 Å². The summed E-state index contributed by atoms with van der Waals surface area (Å²) in [5.41, 5.74) is 6.28. The minimum atomic E-state index is -0.741. The molecule has 104 valence electrons. The number of hydrogen-bond acceptors (Lipinski definition) is 5. The van der Waals surface area contributed by atoms with Gasteiger partial charge in [-0.15, -0.1) is 11.3 Å². The number of nitrogens with zero attached hydrogens (tertiary/aromatic N) is 1. The molecule has 1 fully saturated rings. The van der Waals surface area contributed by atoms with Crippen LogP contribution in [-0.2, 0) is 9.53 Å². The van der Waals surface area contributed by atoms with Gasteiger partial charge in [0.25, 0.3) is 5.91 Å². The second-order valence-electron chi connectivity index (χ2n) is 4.70. The zero-order valence-electron chi connectivity index (χ0n) is 11.1. The summed E-state index contributed by atoms with van der Waals surface area (Å²) in [7, 11) is 0. The molecule has 6 heteroatoms. The minimum absolute atomic E-state index is 0.118. The van der Waals surface area contributed by atoms with E-state index in [1.165, 1.54) is 11.3 Å². The average molecular weight is 282 g/mol. The molecule has 1 aromatic heterocycles. The van der Waals surface area contributed by atoms with Crippen molar-refractivity contribution in [1.82, 2.24) is 4.90 Å². The summed E-state index contributed by atoms with van der Waals surface area (Å²) in [6.45, 7) is 4.97. The van der Waals surface area contributed by atoms with Crippen molar-refractivity contribution in [2.45, 2.75) is 32.8 Å². The molecule has 0 saturated carbocycles. The Bertz CT molecular complexity index is 473. The molecule has 5 nitrogen and oxygen atoms in total. The van der Waals surface area contributed by atoms with Crippen LogP contribution in [0, 0.1) is 6.92 Å². The van der Waals surface area contributed by atoms with Crippen molar-refractivity contribution in [3.05, 3.63) is 15.8 Å². The zero-order valence-corrected chi connectivity index (χ0v) is 12.0. The number of nitrogens with two attached hydrogens (primary N) is 1. The van der Waals surface area contributed by atoms with Crippen molar-refractivity contribution >= 4 is 28.9 Å². The van der Waals surface area contributed by atoms with E-state index in [1.807, 2.05) is 6.92 Å². The van der Waals surface area contributed by atoms with Crippen molar-refractivity contribution in [2.24, 2.45) is 0 Å². The molecule has 1 aromatic rings. The Morgan fingerprint density at radius 3 is 2.58 bits per heavy atom. The molecule has 0 spiro atoms. The van der Waals surface area contributed by atoms with Gasteiger partial charge < -0.3 is 15.4 Å². The highest BCUT2D eigenvalue weighted by atomic mass is 32.1. The van der Waals surface area contributed by atoms with Crippen molar-refractivity contribution in [1.29, 1.82) is 0 Å². The standard InChI is InChI=1S/C13H18N2O3S/c1-8(12(16)15-5-3-4-6-15)18-13(17)11-7-10(14)9(2)19-11/h7-8H,3-6,14H2,1-2H3. The first-order valence-electron chi connectivity index (χ1n) is 6.34. The number of anilines is 1. The smallest absolute Gasteiger partial charge is 0.349 e. The normalized spacial score (nSPS) is 16.4. The summed E-state index contributed by atoms with van der Waals surface area (Å²) < 4.78 is 5.20. The topological polar surface area (TPSA) is 72.6 Å². The van der Waals surface area contributed by atoms with E-state index in [4.69, 9.17) is 10.5 Å². The molecule has 2 heterocycles. The van der Waals surface area contributed by atoms with Gasteiger partial charge in [-0.1, -0.05) is 0 Å². The second kappa shape index (κ2) is 5.61. The fraction of sp³-hybridized carbons (Fsp3) is 0.538. The van der Waals surface area contributed by atoms with Crippen LogP contribution >= 0.6 is 11.3 Å². The predicted octanol–water partition coefficient (Wildman–Crippen LogP) is 1.81. The third-order valence-electron chi connectivity index (χ3n) is 3.21. The number of carbonyl (C=O) groups excluding carboxylic acids is 2. The monoisotopic (exact) mass is 282 g/mol. The first-order valence-corrected chi connectivity index (χ1v) is 7.16. The fourth-order valence-electron chi connectivity index (χ4n) is 2.06. The van der Waals surface area contributed by atoms with E-state index in [1.54, 1.807) is 17.9 Å². The quantitative estimate of drug-likeness (QED) is 0.858. The van der Waals surface area contributed by atoms with Gasteiger partial charge in [-0.3, -0.25) is 4.79 Å². The molecule has 0 bridgehead atoms. The Hall–Kier alpha value is -1.56. The summed E-state index contributed by atoms with van der Waals surface area (Å²) in [6.07, 6.45) is 1.30. The Labute approximate surface area is 116 Å². The summed E-state index contributed by atoms with van der Waals surface area (Å²) >= 11 is 1.28. The largest absolute Gasteiger partial charge is 0.448 e. The third kappa shape index (κ3) is 3.07. The molecule has 1 amide bonds. The Balaban J connectivity index is 1.96. The number of likely N-dealkylation sites (tertiary alicyclic amines) is 1. The number of ether oxygens (including phenoxy) is 1. The molecule has 2 N–H and O–H groups in total. The molecule has 1 saturated heterocycles. The van der Waals surface area contributed by atoms with Gasteiger partial charge in [0.05, 0.1) is 0 Å². The van der Waals surface area contributed by atoms with Crippen LogP contribution in [0.2, 0.25) is 0 Å². The van der Waals surface area contributed by atoms with E-state index in [0.717, 1.165) is 30.8 Å². The lowest BCUT2D eigenvalue weighted by Gasteiger charge is -2.20. The Kier molecular flexibility index (Phi) is 4.09. The summed E-state index contributed by atoms with van der Waals surface area (Å²) in [6, 6.07) is 1.59. The van der Waals surface area contributed by atoms with Crippen LogP contribution < -0.4 is 5.73 Å². The van der Waals surface area contributed by atoms with E-state index in [-0.39, 0.29) is 5.91 Å². The van der Waals surface area contributed by atoms with Gasteiger partial charge >= 0.3 is 5.97 Å². The first-order chi connectivity index (χ1) is 8.99. The van der Waals surface area contributed by atoms with Gasteiger partial charge in [0.2, 0.25) is 0 Å². The summed E-state index contributed by atoms with van der Waals surface area (Å²) in [5, 5.41) is 0. The number of carbonyl (C=O) groups is 2. The molecule has 1 unspecified atom stereocenters. The van der Waals surface area contributed by atoms with Crippen molar-refractivity contribution < 1.29 is 14.3 Å². The minimum Gasteiger partial charge on any atom is -0.448 e. The van der Waals surface area contributed by atoms with Gasteiger partial charge in [0.15, 0.2) is 6.10 Å². The van der Waals surface area contributed by atoms with Gasteiger partial charge in [-0.05, 0) is 32.8 Å². The van der Waals surface area contributed by atoms with Crippen LogP contribution in [0.25, 0.3) is 0 Å². The van der Waals surface area contributed by atoms with Gasteiger partial charge in [-0.2, -0.15) is 0 Å². The fourth-order valence-corrected chi connectivity index (χ4v) is 2.88. The molecule has 0 aliphatic carbocycles. The van der Waals surface area contributed by atoms with E-state index in [9.17, 15) is 9.59 Å². The number of aryl methyl sites for hydroxylation is 1. The number of thiophene rings is 1. The number of nitrogen functional groups attached to an aromatic ring is 1. The SMILES string of the molecule is Cc1sc(C(=O)OC(C)C(=O)N2CCCC2)cc1N. The molecule has 1 aliphatic heterocycles. The van der Waals surface area contributed by atoms with Crippen LogP contribution in [0.1, 0.15) is 34.3 Å². The molecule has 0 aromatic carbocycles. The van der Waals surface area contributed by atoms with Crippen LogP contribution in [0.15, 0.2) is 6.07 Å². The van der Waals surface area contributed by atoms with Gasteiger partial charge in [0.1, 0.15) is 4.88 Å². The van der Waals surface area contributed by atoms with Crippen molar-refractivity contribution in [3.8, 4) is 0 Å². The number of esters is 1. The van der Waals surface area contributed by atoms with Gasteiger partial charge in [-0.25, -0.2) is 4.79 Å². The summed E-state index contributed by atoms with van der Waals surface area (Å²) in [5.74, 6) is -0.600. The number of hydrogen-bond donors (Lipinski definition) is 1. The summed E-state index contributed by atoms with van der Waals surface area (Å²) in [4.78, 5) is 27.0. The lowest BCUT2D eigenvalue weighted by molar-refractivity contribution is -0.138. The molecular weight excluding hydrogens is 264 g/mol. The van der Waals surface area contributed by atoms with Crippen LogP contribution in [0.4, 0.5) is 5.69 Å². The molecule has 1 aliphatic rings. The molecule has 19 heavy (non-hydrogen) atoms. The highest BCUT2D eigenvalue weighted by molar-refractivity contribution is 7.14. The van der Waals surface area contributed by atoms with Crippen LogP contribution in [-0.4, -0.2) is 36.0 Å². The Morgan fingerprint density at radius 2 is 2.05 bits per heavy atom. The van der Waals surface area contributed by atoms with Gasteiger partial charge in [0, 0.05) is 23.7 Å². The maximum atomic E-state index is 12.0. The lowest BCUT2D eigenvalue weighted by Crippen LogP contribution is -2.38. The van der Waals surface area contributed by atoms with E-state index >= 15 is 0 Å². The van der Waals surface area contributed by atoms with Crippen molar-refractivity contribution in [3.63, 3.8) is 0 Å². The van der Waals surface area contributed by atoms with E-state index in [0.29, 0.717) is 10.6 Å². The third-order valence-corrected chi connectivity index (χ3v) is 4.25. The Morgan fingerprint density at radius 1 is 1.42 bits per heavy atom. The van der Waals surface area contributed by atoms with Crippen LogP contribution in [0.3, 0.4) is 0 Å². The molecule has 1 atom stereocenters. The predicted molar refractivity (Wildman–Crippen MR) is 74.2 cm³/mol. The maximum Gasteiger partial charge on any atom is 0.349 e. The first kappa shape index (κ1) is 13.9. The van der Waals surface area contributed by atoms with E-state index < -0.39 is 12.1 Å². The van der Waals surface area contributed by atoms with Crippen molar-refractivity contribution in [2.75, 3.05) is 18.8 Å².